The number of benzene rings is 1. The lowest BCUT2D eigenvalue weighted by molar-refractivity contribution is -0.0300. The fourth-order valence-electron chi connectivity index (χ4n) is 1.97. The Kier molecular flexibility index (Phi) is 5.22. The summed E-state index contributed by atoms with van der Waals surface area (Å²) in [7, 11) is 1.56. The zero-order valence-corrected chi connectivity index (χ0v) is 12.4. The van der Waals surface area contributed by atoms with Gasteiger partial charge in [-0.25, -0.2) is 4.79 Å². The molecule has 0 aromatic heterocycles. The van der Waals surface area contributed by atoms with E-state index in [0.29, 0.717) is 22.4 Å². The Bertz CT molecular complexity index is 441. The van der Waals surface area contributed by atoms with E-state index in [9.17, 15) is 4.79 Å². The monoisotopic (exact) mass is 328 g/mol. The van der Waals surface area contributed by atoms with E-state index in [-0.39, 0.29) is 12.1 Å². The number of hydrogen-bond donors (Lipinski definition) is 0. The minimum absolute atomic E-state index is 0.0297. The van der Waals surface area contributed by atoms with E-state index < -0.39 is 0 Å². The molecule has 1 aromatic carbocycles. The molecule has 0 amide bonds. The van der Waals surface area contributed by atoms with E-state index in [1.54, 1.807) is 25.3 Å². The summed E-state index contributed by atoms with van der Waals surface area (Å²) < 4.78 is 16.6. The van der Waals surface area contributed by atoms with Crippen molar-refractivity contribution in [1.82, 2.24) is 0 Å². The molecule has 1 unspecified atom stereocenters. The molecule has 5 heteroatoms. The van der Waals surface area contributed by atoms with Gasteiger partial charge in [0, 0.05) is 11.1 Å². The molecule has 2 rings (SSSR count). The van der Waals surface area contributed by atoms with Crippen molar-refractivity contribution in [3.8, 4) is 5.75 Å². The van der Waals surface area contributed by atoms with Crippen LogP contribution in [0, 0.1) is 0 Å². The van der Waals surface area contributed by atoms with Gasteiger partial charge in [0.1, 0.15) is 12.4 Å². The Hall–Kier alpha value is -1.07. The first-order valence-corrected chi connectivity index (χ1v) is 7.12. The maximum atomic E-state index is 12.0. The van der Waals surface area contributed by atoms with Crippen LogP contribution in [0.15, 0.2) is 22.7 Å². The number of methoxy groups -OCH3 is 1. The maximum absolute atomic E-state index is 12.0. The standard InChI is InChI=1S/C14H17BrO4/c1-17-10-5-6-13(15)12(8-10)14(16)19-9-11-4-2-3-7-18-11/h5-6,8,11H,2-4,7,9H2,1H3. The second-order valence-electron chi connectivity index (χ2n) is 4.43. The Morgan fingerprint density at radius 3 is 3.00 bits per heavy atom. The first kappa shape index (κ1) is 14.3. The fraction of sp³-hybridized carbons (Fsp3) is 0.500. The molecular weight excluding hydrogens is 312 g/mol. The third-order valence-corrected chi connectivity index (χ3v) is 3.76. The van der Waals surface area contributed by atoms with Crippen LogP contribution >= 0.6 is 15.9 Å². The lowest BCUT2D eigenvalue weighted by Crippen LogP contribution is -2.26. The first-order chi connectivity index (χ1) is 9.20. The van der Waals surface area contributed by atoms with Crippen molar-refractivity contribution in [2.45, 2.75) is 25.4 Å². The van der Waals surface area contributed by atoms with Gasteiger partial charge in [-0.3, -0.25) is 0 Å². The van der Waals surface area contributed by atoms with Crippen molar-refractivity contribution in [3.05, 3.63) is 28.2 Å². The molecule has 1 fully saturated rings. The van der Waals surface area contributed by atoms with Gasteiger partial charge in [0.25, 0.3) is 0 Å². The zero-order valence-electron chi connectivity index (χ0n) is 10.9. The first-order valence-electron chi connectivity index (χ1n) is 6.33. The molecular formula is C14H17BrO4. The lowest BCUT2D eigenvalue weighted by Gasteiger charge is -2.22. The van der Waals surface area contributed by atoms with Crippen molar-refractivity contribution >= 4 is 21.9 Å². The Balaban J connectivity index is 1.95. The van der Waals surface area contributed by atoms with Crippen LogP contribution in [0.2, 0.25) is 0 Å². The maximum Gasteiger partial charge on any atom is 0.339 e. The van der Waals surface area contributed by atoms with E-state index in [0.717, 1.165) is 25.9 Å². The van der Waals surface area contributed by atoms with Gasteiger partial charge in [-0.15, -0.1) is 0 Å². The predicted octanol–water partition coefficient (Wildman–Crippen LogP) is 3.18. The summed E-state index contributed by atoms with van der Waals surface area (Å²) in [5, 5.41) is 0. The van der Waals surface area contributed by atoms with Crippen LogP contribution in [0.25, 0.3) is 0 Å². The van der Waals surface area contributed by atoms with Crippen LogP contribution in [-0.2, 0) is 9.47 Å². The molecule has 1 atom stereocenters. The molecule has 1 aromatic rings. The lowest BCUT2D eigenvalue weighted by atomic mass is 10.1. The van der Waals surface area contributed by atoms with Crippen LogP contribution in [0.1, 0.15) is 29.6 Å². The number of ether oxygens (including phenoxy) is 3. The summed E-state index contributed by atoms with van der Waals surface area (Å²) in [6.07, 6.45) is 3.20. The molecule has 0 aliphatic carbocycles. The third-order valence-electron chi connectivity index (χ3n) is 3.07. The number of carbonyl (C=O) groups is 1. The zero-order chi connectivity index (χ0) is 13.7. The molecule has 104 valence electrons. The number of esters is 1. The van der Waals surface area contributed by atoms with E-state index in [1.807, 2.05) is 0 Å². The third kappa shape index (κ3) is 3.94. The minimum Gasteiger partial charge on any atom is -0.497 e. The molecule has 19 heavy (non-hydrogen) atoms. The highest BCUT2D eigenvalue weighted by molar-refractivity contribution is 9.10. The van der Waals surface area contributed by atoms with Gasteiger partial charge < -0.3 is 14.2 Å². The van der Waals surface area contributed by atoms with Gasteiger partial charge in [-0.2, -0.15) is 0 Å². The smallest absolute Gasteiger partial charge is 0.339 e. The second kappa shape index (κ2) is 6.91. The summed E-state index contributed by atoms with van der Waals surface area (Å²) in [6, 6.07) is 5.21. The van der Waals surface area contributed by atoms with Crippen LogP contribution in [0.5, 0.6) is 5.75 Å². The minimum atomic E-state index is -0.361. The summed E-state index contributed by atoms with van der Waals surface area (Å²) in [4.78, 5) is 12.0. The highest BCUT2D eigenvalue weighted by atomic mass is 79.9. The summed E-state index contributed by atoms with van der Waals surface area (Å²) in [5.74, 6) is 0.268. The van der Waals surface area contributed by atoms with Gasteiger partial charge in [0.05, 0.1) is 18.8 Å². The number of carbonyl (C=O) groups excluding carboxylic acids is 1. The molecule has 0 saturated carbocycles. The van der Waals surface area contributed by atoms with Crippen molar-refractivity contribution in [2.24, 2.45) is 0 Å². The van der Waals surface area contributed by atoms with Crippen LogP contribution in [0.4, 0.5) is 0 Å². The normalized spacial score (nSPS) is 18.9. The topological polar surface area (TPSA) is 44.8 Å². The van der Waals surface area contributed by atoms with Gasteiger partial charge in [0.2, 0.25) is 0 Å². The molecule has 0 bridgehead atoms. The van der Waals surface area contributed by atoms with Gasteiger partial charge >= 0.3 is 5.97 Å². The van der Waals surface area contributed by atoms with Gasteiger partial charge in [-0.1, -0.05) is 0 Å². The van der Waals surface area contributed by atoms with Crippen LogP contribution in [-0.4, -0.2) is 32.4 Å². The summed E-state index contributed by atoms with van der Waals surface area (Å²) in [6.45, 7) is 1.06. The Morgan fingerprint density at radius 1 is 1.47 bits per heavy atom. The number of hydrogen-bond acceptors (Lipinski definition) is 4. The van der Waals surface area contributed by atoms with Crippen molar-refractivity contribution in [1.29, 1.82) is 0 Å². The van der Waals surface area contributed by atoms with Crippen LogP contribution in [0.3, 0.4) is 0 Å². The average molecular weight is 329 g/mol. The average Bonchev–Trinajstić information content (AvgIpc) is 2.46. The molecule has 1 aliphatic rings. The van der Waals surface area contributed by atoms with Crippen molar-refractivity contribution in [3.63, 3.8) is 0 Å². The highest BCUT2D eigenvalue weighted by Crippen LogP contribution is 2.23. The van der Waals surface area contributed by atoms with E-state index in [1.165, 1.54) is 0 Å². The van der Waals surface area contributed by atoms with Crippen molar-refractivity contribution < 1.29 is 19.0 Å². The second-order valence-corrected chi connectivity index (χ2v) is 5.29. The Morgan fingerprint density at radius 2 is 2.32 bits per heavy atom. The Labute approximate surface area is 121 Å². The molecule has 0 N–H and O–H groups in total. The molecule has 4 nitrogen and oxygen atoms in total. The summed E-state index contributed by atoms with van der Waals surface area (Å²) >= 11 is 3.34. The molecule has 0 spiro atoms. The largest absolute Gasteiger partial charge is 0.497 e. The number of halogens is 1. The van der Waals surface area contributed by atoms with Gasteiger partial charge in [0.15, 0.2) is 0 Å². The number of rotatable bonds is 4. The molecule has 1 saturated heterocycles. The predicted molar refractivity (Wildman–Crippen MR) is 74.6 cm³/mol. The fourth-order valence-corrected chi connectivity index (χ4v) is 2.38. The van der Waals surface area contributed by atoms with E-state index >= 15 is 0 Å². The van der Waals surface area contributed by atoms with Gasteiger partial charge in [-0.05, 0) is 53.4 Å². The molecule has 1 heterocycles. The summed E-state index contributed by atoms with van der Waals surface area (Å²) in [5.41, 5.74) is 0.468. The van der Waals surface area contributed by atoms with E-state index in [4.69, 9.17) is 14.2 Å². The highest BCUT2D eigenvalue weighted by Gasteiger charge is 2.18. The van der Waals surface area contributed by atoms with Crippen LogP contribution < -0.4 is 4.74 Å². The SMILES string of the molecule is COc1ccc(Br)c(C(=O)OCC2CCCCO2)c1. The van der Waals surface area contributed by atoms with E-state index in [2.05, 4.69) is 15.9 Å². The molecule has 0 radical (unpaired) electrons. The molecule has 1 aliphatic heterocycles. The van der Waals surface area contributed by atoms with Crippen molar-refractivity contribution in [2.75, 3.05) is 20.3 Å². The quantitative estimate of drug-likeness (QED) is 0.796.